The Morgan fingerprint density at radius 1 is 1.67 bits per heavy atom. The predicted octanol–water partition coefficient (Wildman–Crippen LogP) is 0.515. The first-order valence-electron chi connectivity index (χ1n) is 5.21. The van der Waals surface area contributed by atoms with Gasteiger partial charge < -0.3 is 15.8 Å². The first-order chi connectivity index (χ1) is 7.25. The molecule has 2 rings (SSSR count). The third kappa shape index (κ3) is 2.98. The molecule has 15 heavy (non-hydrogen) atoms. The van der Waals surface area contributed by atoms with Crippen LogP contribution >= 0.6 is 11.3 Å². The van der Waals surface area contributed by atoms with Crippen molar-refractivity contribution in [1.82, 2.24) is 10.3 Å². The zero-order chi connectivity index (χ0) is 10.7. The zero-order valence-electron chi connectivity index (χ0n) is 8.90. The average Bonchev–Trinajstić information content (AvgIpc) is 2.77. The Hall–Kier alpha value is -0.490. The van der Waals surface area contributed by atoms with Crippen molar-refractivity contribution in [2.24, 2.45) is 11.7 Å². The van der Waals surface area contributed by atoms with Crippen LogP contribution in [0.25, 0.3) is 0 Å². The molecule has 5 heteroatoms. The van der Waals surface area contributed by atoms with Gasteiger partial charge in [0.25, 0.3) is 0 Å². The number of hydrogen-bond donors (Lipinski definition) is 2. The van der Waals surface area contributed by atoms with Gasteiger partial charge in [-0.05, 0) is 6.92 Å². The molecule has 0 aliphatic carbocycles. The van der Waals surface area contributed by atoms with Crippen LogP contribution < -0.4 is 11.1 Å². The normalized spacial score (nSPS) is 26.0. The summed E-state index contributed by atoms with van der Waals surface area (Å²) in [4.78, 5) is 5.55. The second kappa shape index (κ2) is 5.03. The molecule has 0 amide bonds. The van der Waals surface area contributed by atoms with Crippen LogP contribution in [0, 0.1) is 12.8 Å². The summed E-state index contributed by atoms with van der Waals surface area (Å²) in [6.07, 6.45) is 1.91. The van der Waals surface area contributed by atoms with Crippen LogP contribution in [0.1, 0.15) is 9.88 Å². The van der Waals surface area contributed by atoms with E-state index in [1.165, 1.54) is 4.88 Å². The molecule has 3 N–H and O–H groups in total. The van der Waals surface area contributed by atoms with E-state index >= 15 is 0 Å². The lowest BCUT2D eigenvalue weighted by Crippen LogP contribution is -2.35. The highest BCUT2D eigenvalue weighted by Crippen LogP contribution is 2.12. The Labute approximate surface area is 93.8 Å². The minimum atomic E-state index is 0.190. The van der Waals surface area contributed by atoms with Crippen LogP contribution in [0.4, 0.5) is 0 Å². The number of aromatic nitrogens is 1. The first kappa shape index (κ1) is 11.0. The van der Waals surface area contributed by atoms with Gasteiger partial charge in [-0.25, -0.2) is 4.98 Å². The molecule has 1 aromatic heterocycles. The quantitative estimate of drug-likeness (QED) is 0.787. The number of nitrogens with two attached hydrogens (primary N) is 1. The second-order valence-corrected chi connectivity index (χ2v) is 5.28. The molecule has 1 saturated heterocycles. The number of rotatable bonds is 4. The van der Waals surface area contributed by atoms with E-state index in [0.717, 1.165) is 24.7 Å². The van der Waals surface area contributed by atoms with E-state index in [1.807, 2.05) is 6.20 Å². The third-order valence-corrected chi connectivity index (χ3v) is 3.51. The highest BCUT2D eigenvalue weighted by molar-refractivity contribution is 7.11. The number of nitrogens with zero attached hydrogens (tertiary/aromatic N) is 1. The van der Waals surface area contributed by atoms with Gasteiger partial charge in [0.15, 0.2) is 0 Å². The van der Waals surface area contributed by atoms with E-state index in [0.29, 0.717) is 12.5 Å². The SMILES string of the molecule is Cc1cnc(CNCC2COCC2N)s1. The molecule has 0 saturated carbocycles. The van der Waals surface area contributed by atoms with Gasteiger partial charge in [0.05, 0.1) is 13.2 Å². The van der Waals surface area contributed by atoms with Gasteiger partial charge in [-0.1, -0.05) is 0 Å². The molecule has 0 radical (unpaired) electrons. The van der Waals surface area contributed by atoms with Gasteiger partial charge in [-0.3, -0.25) is 0 Å². The van der Waals surface area contributed by atoms with E-state index in [9.17, 15) is 0 Å². The molecule has 1 aliphatic heterocycles. The van der Waals surface area contributed by atoms with Crippen molar-refractivity contribution in [3.8, 4) is 0 Å². The number of thiazole rings is 1. The molecule has 84 valence electrons. The summed E-state index contributed by atoms with van der Waals surface area (Å²) >= 11 is 1.73. The monoisotopic (exact) mass is 227 g/mol. The van der Waals surface area contributed by atoms with Crippen molar-refractivity contribution < 1.29 is 4.74 Å². The lowest BCUT2D eigenvalue weighted by molar-refractivity contribution is 0.184. The Morgan fingerprint density at radius 2 is 2.53 bits per heavy atom. The lowest BCUT2D eigenvalue weighted by atomic mass is 10.1. The molecular formula is C10H17N3OS. The van der Waals surface area contributed by atoms with E-state index < -0.39 is 0 Å². The minimum absolute atomic E-state index is 0.190. The molecule has 0 bridgehead atoms. The number of aryl methyl sites for hydroxylation is 1. The summed E-state index contributed by atoms with van der Waals surface area (Å²) in [7, 11) is 0. The summed E-state index contributed by atoms with van der Waals surface area (Å²) in [5, 5.41) is 4.51. The molecule has 2 atom stereocenters. The van der Waals surface area contributed by atoms with Crippen LogP contribution in [-0.2, 0) is 11.3 Å². The van der Waals surface area contributed by atoms with Gasteiger partial charge in [0.1, 0.15) is 5.01 Å². The van der Waals surface area contributed by atoms with Crippen molar-refractivity contribution in [2.75, 3.05) is 19.8 Å². The maximum absolute atomic E-state index is 5.88. The third-order valence-electron chi connectivity index (χ3n) is 2.60. The Kier molecular flexibility index (Phi) is 3.69. The smallest absolute Gasteiger partial charge is 0.107 e. The van der Waals surface area contributed by atoms with E-state index in [1.54, 1.807) is 11.3 Å². The molecule has 1 fully saturated rings. The maximum atomic E-state index is 5.88. The van der Waals surface area contributed by atoms with Gasteiger partial charge in [0, 0.05) is 36.1 Å². The molecule has 0 aromatic carbocycles. The molecule has 2 heterocycles. The first-order valence-corrected chi connectivity index (χ1v) is 6.02. The molecular weight excluding hydrogens is 210 g/mol. The summed E-state index contributed by atoms with van der Waals surface area (Å²) in [5.74, 6) is 0.450. The van der Waals surface area contributed by atoms with Crippen molar-refractivity contribution in [2.45, 2.75) is 19.5 Å². The van der Waals surface area contributed by atoms with Gasteiger partial charge in [-0.2, -0.15) is 0 Å². The Bertz CT molecular complexity index is 315. The van der Waals surface area contributed by atoms with Gasteiger partial charge in [-0.15, -0.1) is 11.3 Å². The van der Waals surface area contributed by atoms with Crippen molar-refractivity contribution >= 4 is 11.3 Å². The van der Waals surface area contributed by atoms with Crippen molar-refractivity contribution in [1.29, 1.82) is 0 Å². The van der Waals surface area contributed by atoms with Crippen molar-refractivity contribution in [3.05, 3.63) is 16.1 Å². The average molecular weight is 227 g/mol. The summed E-state index contributed by atoms with van der Waals surface area (Å²) < 4.78 is 5.30. The molecule has 4 nitrogen and oxygen atoms in total. The highest BCUT2D eigenvalue weighted by Gasteiger charge is 2.24. The second-order valence-electron chi connectivity index (χ2n) is 3.96. The maximum Gasteiger partial charge on any atom is 0.107 e. The molecule has 1 aliphatic rings. The molecule has 0 spiro atoms. The van der Waals surface area contributed by atoms with E-state index in [2.05, 4.69) is 17.2 Å². The van der Waals surface area contributed by atoms with Gasteiger partial charge in [0.2, 0.25) is 0 Å². The lowest BCUT2D eigenvalue weighted by Gasteiger charge is -2.12. The fourth-order valence-electron chi connectivity index (χ4n) is 1.67. The van der Waals surface area contributed by atoms with Crippen LogP contribution in [0.5, 0.6) is 0 Å². The minimum Gasteiger partial charge on any atom is -0.379 e. The van der Waals surface area contributed by atoms with Crippen molar-refractivity contribution in [3.63, 3.8) is 0 Å². The summed E-state index contributed by atoms with van der Waals surface area (Å²) in [6.45, 7) is 5.30. The number of hydrogen-bond acceptors (Lipinski definition) is 5. The van der Waals surface area contributed by atoms with E-state index in [4.69, 9.17) is 10.5 Å². The summed E-state index contributed by atoms with van der Waals surface area (Å²) in [6, 6.07) is 0.190. The van der Waals surface area contributed by atoms with Crippen LogP contribution in [0.15, 0.2) is 6.20 Å². The Morgan fingerprint density at radius 3 is 3.13 bits per heavy atom. The van der Waals surface area contributed by atoms with E-state index in [-0.39, 0.29) is 6.04 Å². The highest BCUT2D eigenvalue weighted by atomic mass is 32.1. The fraction of sp³-hybridized carbons (Fsp3) is 0.700. The van der Waals surface area contributed by atoms with Crippen LogP contribution in [-0.4, -0.2) is 30.8 Å². The summed E-state index contributed by atoms with van der Waals surface area (Å²) in [5.41, 5.74) is 5.88. The molecule has 1 aromatic rings. The molecule has 2 unspecified atom stereocenters. The number of ether oxygens (including phenoxy) is 1. The van der Waals surface area contributed by atoms with Crippen LogP contribution in [0.3, 0.4) is 0 Å². The predicted molar refractivity (Wildman–Crippen MR) is 60.8 cm³/mol. The zero-order valence-corrected chi connectivity index (χ0v) is 9.72. The number of nitrogens with one attached hydrogen (secondary N) is 1. The fourth-order valence-corrected chi connectivity index (χ4v) is 2.43. The Balaban J connectivity index is 1.70. The topological polar surface area (TPSA) is 60.2 Å². The van der Waals surface area contributed by atoms with Gasteiger partial charge >= 0.3 is 0 Å². The van der Waals surface area contributed by atoms with Crippen LogP contribution in [0.2, 0.25) is 0 Å². The standard InChI is InChI=1S/C10H17N3OS/c1-7-2-13-10(15-7)4-12-3-8-5-14-6-9(8)11/h2,8-9,12H,3-6,11H2,1H3. The largest absolute Gasteiger partial charge is 0.379 e.